The Hall–Kier alpha value is -1.36. The van der Waals surface area contributed by atoms with Gasteiger partial charge in [-0.15, -0.1) is 12.3 Å². The van der Waals surface area contributed by atoms with Crippen LogP contribution in [0, 0.1) is 12.3 Å². The SMILES string of the molecule is C#CCCCNC(=C)CNC=C. The summed E-state index contributed by atoms with van der Waals surface area (Å²) in [5.41, 5.74) is 0.965. The molecule has 0 aliphatic carbocycles. The summed E-state index contributed by atoms with van der Waals surface area (Å²) in [5.74, 6) is 2.58. The third kappa shape index (κ3) is 6.76. The summed E-state index contributed by atoms with van der Waals surface area (Å²) in [6.07, 6.45) is 8.55. The molecule has 0 fully saturated rings. The van der Waals surface area contributed by atoms with E-state index in [9.17, 15) is 0 Å². The predicted octanol–water partition coefficient (Wildman–Crippen LogP) is 1.24. The maximum Gasteiger partial charge on any atom is 0.0536 e. The Labute approximate surface area is 74.7 Å². The zero-order chi connectivity index (χ0) is 9.23. The largest absolute Gasteiger partial charge is 0.387 e. The van der Waals surface area contributed by atoms with Gasteiger partial charge in [0, 0.05) is 18.7 Å². The second-order valence-electron chi connectivity index (χ2n) is 2.42. The summed E-state index contributed by atoms with van der Waals surface area (Å²) < 4.78 is 0. The van der Waals surface area contributed by atoms with E-state index in [-0.39, 0.29) is 0 Å². The fourth-order valence-corrected chi connectivity index (χ4v) is 0.713. The van der Waals surface area contributed by atoms with Crippen molar-refractivity contribution >= 4 is 0 Å². The summed E-state index contributed by atoms with van der Waals surface area (Å²) in [6.45, 7) is 8.97. The van der Waals surface area contributed by atoms with E-state index in [1.54, 1.807) is 6.20 Å². The van der Waals surface area contributed by atoms with Crippen molar-refractivity contribution < 1.29 is 0 Å². The first-order chi connectivity index (χ1) is 5.81. The van der Waals surface area contributed by atoms with Crippen molar-refractivity contribution in [3.63, 3.8) is 0 Å². The lowest BCUT2D eigenvalue weighted by Crippen LogP contribution is -2.22. The van der Waals surface area contributed by atoms with Crippen LogP contribution in [0.2, 0.25) is 0 Å². The molecule has 2 heteroatoms. The summed E-state index contributed by atoms with van der Waals surface area (Å²) in [4.78, 5) is 0. The molecule has 0 unspecified atom stereocenters. The highest BCUT2D eigenvalue weighted by Gasteiger charge is 1.89. The molecule has 0 atom stereocenters. The van der Waals surface area contributed by atoms with Crippen molar-refractivity contribution in [2.75, 3.05) is 13.1 Å². The minimum atomic E-state index is 0.722. The van der Waals surface area contributed by atoms with E-state index >= 15 is 0 Å². The average Bonchev–Trinajstić information content (AvgIpc) is 2.09. The monoisotopic (exact) mass is 164 g/mol. The fraction of sp³-hybridized carbons (Fsp3) is 0.400. The molecule has 0 radical (unpaired) electrons. The molecule has 0 spiro atoms. The Morgan fingerprint density at radius 3 is 2.92 bits per heavy atom. The molecule has 0 heterocycles. The van der Waals surface area contributed by atoms with Crippen LogP contribution in [0.3, 0.4) is 0 Å². The Bertz CT molecular complexity index is 177. The zero-order valence-corrected chi connectivity index (χ0v) is 7.40. The van der Waals surface area contributed by atoms with Crippen molar-refractivity contribution in [1.82, 2.24) is 10.6 Å². The first kappa shape index (κ1) is 10.6. The molecule has 0 amide bonds. The zero-order valence-electron chi connectivity index (χ0n) is 7.40. The van der Waals surface area contributed by atoms with Gasteiger partial charge < -0.3 is 10.6 Å². The first-order valence-electron chi connectivity index (χ1n) is 4.00. The number of unbranched alkanes of at least 4 members (excludes halogenated alkanes) is 1. The Morgan fingerprint density at radius 1 is 1.58 bits per heavy atom. The lowest BCUT2D eigenvalue weighted by Gasteiger charge is -2.07. The summed E-state index contributed by atoms with van der Waals surface area (Å²) in [6, 6.07) is 0. The lowest BCUT2D eigenvalue weighted by atomic mass is 10.3. The number of nitrogens with one attached hydrogen (secondary N) is 2. The summed E-state index contributed by atoms with van der Waals surface area (Å²) in [7, 11) is 0. The molecule has 0 aliphatic rings. The molecule has 0 rings (SSSR count). The molecule has 0 saturated heterocycles. The van der Waals surface area contributed by atoms with Gasteiger partial charge in [-0.05, 0) is 12.6 Å². The van der Waals surface area contributed by atoms with E-state index in [0.29, 0.717) is 0 Å². The molecular weight excluding hydrogens is 148 g/mol. The van der Waals surface area contributed by atoms with E-state index < -0.39 is 0 Å². The highest BCUT2D eigenvalue weighted by molar-refractivity contribution is 4.95. The van der Waals surface area contributed by atoms with Crippen LogP contribution in [0.1, 0.15) is 12.8 Å². The maximum absolute atomic E-state index is 5.10. The summed E-state index contributed by atoms with van der Waals surface area (Å²) >= 11 is 0. The first-order valence-corrected chi connectivity index (χ1v) is 4.00. The number of hydrogen-bond acceptors (Lipinski definition) is 2. The minimum absolute atomic E-state index is 0.722. The van der Waals surface area contributed by atoms with E-state index in [0.717, 1.165) is 31.6 Å². The van der Waals surface area contributed by atoms with Gasteiger partial charge >= 0.3 is 0 Å². The van der Waals surface area contributed by atoms with E-state index in [1.165, 1.54) is 0 Å². The van der Waals surface area contributed by atoms with Crippen LogP contribution in [0.15, 0.2) is 25.1 Å². The van der Waals surface area contributed by atoms with Crippen LogP contribution in [0.4, 0.5) is 0 Å². The normalized spacial score (nSPS) is 8.25. The van der Waals surface area contributed by atoms with Gasteiger partial charge in [-0.1, -0.05) is 13.2 Å². The van der Waals surface area contributed by atoms with Gasteiger partial charge in [0.05, 0.1) is 6.54 Å². The van der Waals surface area contributed by atoms with Gasteiger partial charge in [0.1, 0.15) is 0 Å². The predicted molar refractivity (Wildman–Crippen MR) is 53.4 cm³/mol. The van der Waals surface area contributed by atoms with Crippen molar-refractivity contribution in [3.05, 3.63) is 25.1 Å². The van der Waals surface area contributed by atoms with Gasteiger partial charge in [0.25, 0.3) is 0 Å². The molecule has 0 aliphatic heterocycles. The van der Waals surface area contributed by atoms with E-state index in [4.69, 9.17) is 6.42 Å². The minimum Gasteiger partial charge on any atom is -0.387 e. The van der Waals surface area contributed by atoms with Gasteiger partial charge in [0.15, 0.2) is 0 Å². The van der Waals surface area contributed by atoms with Crippen LogP contribution in [0.25, 0.3) is 0 Å². The number of rotatable bonds is 7. The third-order valence-electron chi connectivity index (χ3n) is 1.33. The lowest BCUT2D eigenvalue weighted by molar-refractivity contribution is 0.714. The van der Waals surface area contributed by atoms with Crippen molar-refractivity contribution in [2.45, 2.75) is 12.8 Å². The highest BCUT2D eigenvalue weighted by Crippen LogP contribution is 1.86. The smallest absolute Gasteiger partial charge is 0.0536 e. The Kier molecular flexibility index (Phi) is 6.87. The molecule has 0 saturated carbocycles. The number of hydrogen-bond donors (Lipinski definition) is 2. The molecule has 2 nitrogen and oxygen atoms in total. The van der Waals surface area contributed by atoms with Crippen LogP contribution in [-0.2, 0) is 0 Å². The van der Waals surface area contributed by atoms with Crippen molar-refractivity contribution in [3.8, 4) is 12.3 Å². The van der Waals surface area contributed by atoms with Gasteiger partial charge in [0.2, 0.25) is 0 Å². The standard InChI is InChI=1S/C10H16N2/c1-4-6-7-8-12-10(3)9-11-5-2/h1,5,11-12H,2-3,6-9H2. The molecule has 0 aromatic carbocycles. The quantitative estimate of drug-likeness (QED) is 0.437. The second kappa shape index (κ2) is 7.74. The number of terminal acetylenes is 1. The van der Waals surface area contributed by atoms with Crippen LogP contribution in [-0.4, -0.2) is 13.1 Å². The molecular formula is C10H16N2. The Morgan fingerprint density at radius 2 is 2.33 bits per heavy atom. The Balaban J connectivity index is 3.20. The van der Waals surface area contributed by atoms with E-state index in [2.05, 4.69) is 29.7 Å². The topological polar surface area (TPSA) is 24.1 Å². The fourth-order valence-electron chi connectivity index (χ4n) is 0.713. The summed E-state index contributed by atoms with van der Waals surface area (Å²) in [5, 5.41) is 6.10. The van der Waals surface area contributed by atoms with Gasteiger partial charge in [-0.3, -0.25) is 0 Å². The molecule has 66 valence electrons. The van der Waals surface area contributed by atoms with Crippen molar-refractivity contribution in [2.24, 2.45) is 0 Å². The van der Waals surface area contributed by atoms with Gasteiger partial charge in [-0.2, -0.15) is 0 Å². The highest BCUT2D eigenvalue weighted by atomic mass is 14.9. The van der Waals surface area contributed by atoms with Crippen LogP contribution < -0.4 is 10.6 Å². The van der Waals surface area contributed by atoms with Gasteiger partial charge in [-0.25, -0.2) is 0 Å². The van der Waals surface area contributed by atoms with E-state index in [1.807, 2.05) is 0 Å². The molecule has 12 heavy (non-hydrogen) atoms. The molecule has 0 aromatic rings. The third-order valence-corrected chi connectivity index (χ3v) is 1.33. The molecule has 2 N–H and O–H groups in total. The van der Waals surface area contributed by atoms with Crippen LogP contribution in [0.5, 0.6) is 0 Å². The van der Waals surface area contributed by atoms with Crippen molar-refractivity contribution in [1.29, 1.82) is 0 Å². The average molecular weight is 164 g/mol. The maximum atomic E-state index is 5.10. The second-order valence-corrected chi connectivity index (χ2v) is 2.42. The molecule has 0 aromatic heterocycles. The molecule has 0 bridgehead atoms. The van der Waals surface area contributed by atoms with Crippen LogP contribution >= 0.6 is 0 Å².